The van der Waals surface area contributed by atoms with Crippen molar-refractivity contribution in [2.24, 2.45) is 0 Å². The maximum absolute atomic E-state index is 12.9. The summed E-state index contributed by atoms with van der Waals surface area (Å²) in [5.74, 6) is -0.274. The highest BCUT2D eigenvalue weighted by Gasteiger charge is 2.37. The molecule has 0 atom stereocenters. The van der Waals surface area contributed by atoms with E-state index in [4.69, 9.17) is 4.42 Å². The molecule has 2 aromatic rings. The Bertz CT molecular complexity index is 843. The number of nitrogens with one attached hydrogen (secondary N) is 1. The summed E-state index contributed by atoms with van der Waals surface area (Å²) in [7, 11) is 0. The van der Waals surface area contributed by atoms with Crippen LogP contribution in [0.1, 0.15) is 49.2 Å². The van der Waals surface area contributed by atoms with Crippen molar-refractivity contribution in [3.8, 4) is 0 Å². The third-order valence-electron chi connectivity index (χ3n) is 3.73. The summed E-state index contributed by atoms with van der Waals surface area (Å²) in [4.78, 5) is 16.3. The molecule has 0 saturated carbocycles. The minimum atomic E-state index is -5.00. The molecular formula is C18H18F6N2O2. The number of carbonyl (C=O) groups excluding carboxylic acids is 1. The van der Waals surface area contributed by atoms with Crippen molar-refractivity contribution in [1.29, 1.82) is 0 Å². The summed E-state index contributed by atoms with van der Waals surface area (Å²) in [6.45, 7) is 7.10. The first-order chi connectivity index (χ1) is 12.6. The zero-order chi connectivity index (χ0) is 21.5. The summed E-state index contributed by atoms with van der Waals surface area (Å²) in [6, 6.07) is 0.883. The van der Waals surface area contributed by atoms with Crippen LogP contribution in [-0.2, 0) is 29.0 Å². The highest BCUT2D eigenvalue weighted by Crippen LogP contribution is 2.37. The van der Waals surface area contributed by atoms with E-state index >= 15 is 0 Å². The number of amides is 1. The Morgan fingerprint density at radius 3 is 1.89 bits per heavy atom. The topological polar surface area (TPSA) is 55.1 Å². The second kappa shape index (κ2) is 7.14. The van der Waals surface area contributed by atoms with Crippen LogP contribution in [0.5, 0.6) is 0 Å². The van der Waals surface area contributed by atoms with E-state index in [-0.39, 0.29) is 18.2 Å². The molecular weight excluding hydrogens is 390 g/mol. The van der Waals surface area contributed by atoms with E-state index in [0.29, 0.717) is 23.7 Å². The van der Waals surface area contributed by atoms with Gasteiger partial charge in [-0.25, -0.2) is 4.98 Å². The molecule has 28 heavy (non-hydrogen) atoms. The van der Waals surface area contributed by atoms with E-state index in [9.17, 15) is 31.1 Å². The number of halogens is 6. The molecule has 0 radical (unpaired) electrons. The summed E-state index contributed by atoms with van der Waals surface area (Å²) >= 11 is 0. The molecule has 1 heterocycles. The van der Waals surface area contributed by atoms with E-state index < -0.39 is 40.5 Å². The SMILES string of the molecule is Cc1nc(C(C)(C)C)oc1CC(=O)Nc1cc(C(F)(F)F)cc(C(F)(F)F)c1. The predicted octanol–water partition coefficient (Wildman–Crippen LogP) is 5.50. The number of anilines is 1. The van der Waals surface area contributed by atoms with Crippen LogP contribution < -0.4 is 5.32 Å². The maximum atomic E-state index is 12.9. The van der Waals surface area contributed by atoms with Crippen LogP contribution >= 0.6 is 0 Å². The van der Waals surface area contributed by atoms with Gasteiger partial charge in [-0.3, -0.25) is 4.79 Å². The van der Waals surface area contributed by atoms with Gasteiger partial charge in [-0.05, 0) is 25.1 Å². The molecule has 0 bridgehead atoms. The maximum Gasteiger partial charge on any atom is 0.416 e. The molecule has 1 amide bonds. The zero-order valence-electron chi connectivity index (χ0n) is 15.5. The minimum Gasteiger partial charge on any atom is -0.444 e. The van der Waals surface area contributed by atoms with Crippen LogP contribution in [0.25, 0.3) is 0 Å². The lowest BCUT2D eigenvalue weighted by atomic mass is 9.97. The lowest BCUT2D eigenvalue weighted by Crippen LogP contribution is -2.17. The monoisotopic (exact) mass is 408 g/mol. The van der Waals surface area contributed by atoms with E-state index in [1.807, 2.05) is 20.8 Å². The molecule has 4 nitrogen and oxygen atoms in total. The van der Waals surface area contributed by atoms with Gasteiger partial charge in [-0.2, -0.15) is 26.3 Å². The van der Waals surface area contributed by atoms with Gasteiger partial charge in [0.25, 0.3) is 0 Å². The largest absolute Gasteiger partial charge is 0.444 e. The van der Waals surface area contributed by atoms with Crippen molar-refractivity contribution in [3.05, 3.63) is 46.7 Å². The van der Waals surface area contributed by atoms with Gasteiger partial charge in [-0.1, -0.05) is 20.8 Å². The molecule has 0 fully saturated rings. The summed E-state index contributed by atoms with van der Waals surface area (Å²) < 4.78 is 82.8. The number of aryl methyl sites for hydroxylation is 1. The van der Waals surface area contributed by atoms with Gasteiger partial charge in [0, 0.05) is 11.1 Å². The second-order valence-electron chi connectivity index (χ2n) is 7.30. The van der Waals surface area contributed by atoms with Gasteiger partial charge in [0.15, 0.2) is 5.89 Å². The van der Waals surface area contributed by atoms with Crippen molar-refractivity contribution in [2.45, 2.75) is 51.9 Å². The highest BCUT2D eigenvalue weighted by atomic mass is 19.4. The highest BCUT2D eigenvalue weighted by molar-refractivity contribution is 5.92. The summed E-state index contributed by atoms with van der Waals surface area (Å²) in [6.07, 6.45) is -10.4. The molecule has 0 spiro atoms. The third kappa shape index (κ3) is 5.26. The molecule has 2 rings (SSSR count). The first-order valence-corrected chi connectivity index (χ1v) is 8.13. The first-order valence-electron chi connectivity index (χ1n) is 8.13. The molecule has 0 aliphatic heterocycles. The molecule has 0 unspecified atom stereocenters. The van der Waals surface area contributed by atoms with E-state index in [1.54, 1.807) is 6.92 Å². The second-order valence-corrected chi connectivity index (χ2v) is 7.30. The minimum absolute atomic E-state index is 0.00807. The molecule has 0 aliphatic rings. The number of hydrogen-bond donors (Lipinski definition) is 1. The Hall–Kier alpha value is -2.52. The fraction of sp³-hybridized carbons (Fsp3) is 0.444. The summed E-state index contributed by atoms with van der Waals surface area (Å²) in [5.41, 5.74) is -3.64. The van der Waals surface area contributed by atoms with Crippen LogP contribution in [0.3, 0.4) is 0 Å². The third-order valence-corrected chi connectivity index (χ3v) is 3.73. The van der Waals surface area contributed by atoms with E-state index in [2.05, 4.69) is 10.3 Å². The molecule has 0 saturated heterocycles. The van der Waals surface area contributed by atoms with Crippen molar-refractivity contribution in [1.82, 2.24) is 4.98 Å². The Morgan fingerprint density at radius 1 is 1.00 bits per heavy atom. The van der Waals surface area contributed by atoms with E-state index in [1.165, 1.54) is 0 Å². The van der Waals surface area contributed by atoms with Crippen LogP contribution in [0.2, 0.25) is 0 Å². The molecule has 1 N–H and O–H groups in total. The lowest BCUT2D eigenvalue weighted by Gasteiger charge is -2.14. The van der Waals surface area contributed by atoms with Crippen molar-refractivity contribution in [2.75, 3.05) is 5.32 Å². The Balaban J connectivity index is 2.28. The van der Waals surface area contributed by atoms with Gasteiger partial charge < -0.3 is 9.73 Å². The zero-order valence-corrected chi connectivity index (χ0v) is 15.5. The standard InChI is InChI=1S/C18H18F6N2O2/c1-9-13(28-15(25-9)16(2,3)4)8-14(27)26-12-6-10(17(19,20)21)5-11(7-12)18(22,23)24/h5-7H,8H2,1-4H3,(H,26,27). The number of carbonyl (C=O) groups is 1. The van der Waals surface area contributed by atoms with Crippen LogP contribution in [0, 0.1) is 6.92 Å². The van der Waals surface area contributed by atoms with Crippen molar-refractivity contribution in [3.63, 3.8) is 0 Å². The number of aromatic nitrogens is 1. The quantitative estimate of drug-likeness (QED) is 0.683. The van der Waals surface area contributed by atoms with Crippen LogP contribution in [0.4, 0.5) is 32.0 Å². The average molecular weight is 408 g/mol. The fourth-order valence-electron chi connectivity index (χ4n) is 2.29. The van der Waals surface area contributed by atoms with Gasteiger partial charge >= 0.3 is 12.4 Å². The predicted molar refractivity (Wildman–Crippen MR) is 88.7 cm³/mol. The number of oxazole rings is 1. The number of benzene rings is 1. The summed E-state index contributed by atoms with van der Waals surface area (Å²) in [5, 5.41) is 2.06. The van der Waals surface area contributed by atoms with Crippen molar-refractivity contribution >= 4 is 11.6 Å². The van der Waals surface area contributed by atoms with Gasteiger partial charge in [0.05, 0.1) is 23.2 Å². The fourth-order valence-corrected chi connectivity index (χ4v) is 2.29. The van der Waals surface area contributed by atoms with E-state index in [0.717, 1.165) is 0 Å². The molecule has 0 aliphatic carbocycles. The van der Waals surface area contributed by atoms with Gasteiger partial charge in [0.1, 0.15) is 5.76 Å². The Kier molecular flexibility index (Phi) is 5.55. The van der Waals surface area contributed by atoms with Crippen LogP contribution in [-0.4, -0.2) is 10.9 Å². The number of hydrogen-bond acceptors (Lipinski definition) is 3. The van der Waals surface area contributed by atoms with Crippen LogP contribution in [0.15, 0.2) is 22.6 Å². The molecule has 1 aromatic heterocycles. The Morgan fingerprint density at radius 2 is 1.50 bits per heavy atom. The smallest absolute Gasteiger partial charge is 0.416 e. The molecule has 1 aromatic carbocycles. The normalized spacial score (nSPS) is 12.9. The number of alkyl halides is 6. The molecule has 154 valence electrons. The van der Waals surface area contributed by atoms with Crippen molar-refractivity contribution < 1.29 is 35.6 Å². The molecule has 10 heteroatoms. The van der Waals surface area contributed by atoms with Gasteiger partial charge in [0.2, 0.25) is 5.91 Å². The van der Waals surface area contributed by atoms with Gasteiger partial charge in [-0.15, -0.1) is 0 Å². The Labute approximate surface area is 156 Å². The number of nitrogens with zero attached hydrogens (tertiary/aromatic N) is 1. The number of rotatable bonds is 3. The first kappa shape index (κ1) is 21.8. The average Bonchev–Trinajstić information content (AvgIpc) is 2.86. The lowest BCUT2D eigenvalue weighted by molar-refractivity contribution is -0.143.